The molecule has 0 aliphatic heterocycles. The number of nitrogens with zero attached hydrogens (tertiary/aromatic N) is 6. The van der Waals surface area contributed by atoms with Gasteiger partial charge in [-0.05, 0) is 29.8 Å². The van der Waals surface area contributed by atoms with E-state index in [1.807, 2.05) is 30.3 Å². The Bertz CT molecular complexity index is 1490. The highest BCUT2D eigenvalue weighted by Gasteiger charge is 2.16. The van der Waals surface area contributed by atoms with E-state index in [1.165, 1.54) is 6.33 Å². The van der Waals surface area contributed by atoms with Crippen LogP contribution >= 0.6 is 0 Å². The van der Waals surface area contributed by atoms with Crippen molar-refractivity contribution in [3.63, 3.8) is 0 Å². The van der Waals surface area contributed by atoms with Crippen LogP contribution in [0.2, 0.25) is 0 Å². The summed E-state index contributed by atoms with van der Waals surface area (Å²) in [5.41, 5.74) is 7.15. The van der Waals surface area contributed by atoms with Gasteiger partial charge in [-0.1, -0.05) is 12.1 Å². The molecule has 30 heavy (non-hydrogen) atoms. The van der Waals surface area contributed by atoms with Gasteiger partial charge in [-0.15, -0.1) is 0 Å². The number of hydrogen-bond donors (Lipinski definition) is 2. The van der Waals surface area contributed by atoms with Gasteiger partial charge in [-0.25, -0.2) is 19.9 Å². The predicted octanol–water partition coefficient (Wildman–Crippen LogP) is 4.02. The van der Waals surface area contributed by atoms with Crippen LogP contribution in [0, 0.1) is 0 Å². The van der Waals surface area contributed by atoms with Gasteiger partial charge >= 0.3 is 0 Å². The van der Waals surface area contributed by atoms with Gasteiger partial charge in [0.25, 0.3) is 0 Å². The first-order valence-corrected chi connectivity index (χ1v) is 9.36. The van der Waals surface area contributed by atoms with E-state index in [1.54, 1.807) is 31.0 Å². The van der Waals surface area contributed by atoms with E-state index in [4.69, 9.17) is 4.98 Å². The molecule has 2 N–H and O–H groups in total. The summed E-state index contributed by atoms with van der Waals surface area (Å²) >= 11 is 0. The number of fused-ring (bicyclic) bond motifs is 2. The Labute approximate surface area is 170 Å². The zero-order chi connectivity index (χ0) is 19.9. The molecule has 142 valence electrons. The number of imidazole rings is 1. The van der Waals surface area contributed by atoms with Crippen molar-refractivity contribution < 1.29 is 0 Å². The molecule has 5 aromatic heterocycles. The Hall–Kier alpha value is -4.46. The number of rotatable bonds is 3. The van der Waals surface area contributed by atoms with Crippen LogP contribution in [0.15, 0.2) is 73.7 Å². The summed E-state index contributed by atoms with van der Waals surface area (Å²) in [6, 6.07) is 12.1. The number of benzene rings is 1. The summed E-state index contributed by atoms with van der Waals surface area (Å²) in [4.78, 5) is 25.1. The summed E-state index contributed by atoms with van der Waals surface area (Å²) in [6.45, 7) is 0. The van der Waals surface area contributed by atoms with E-state index in [9.17, 15) is 0 Å². The van der Waals surface area contributed by atoms with Crippen molar-refractivity contribution in [2.45, 2.75) is 0 Å². The molecule has 0 bridgehead atoms. The monoisotopic (exact) mass is 390 g/mol. The fourth-order valence-corrected chi connectivity index (χ4v) is 3.60. The lowest BCUT2D eigenvalue weighted by molar-refractivity contribution is 1.09. The van der Waals surface area contributed by atoms with E-state index < -0.39 is 0 Å². The summed E-state index contributed by atoms with van der Waals surface area (Å²) in [7, 11) is 0. The first kappa shape index (κ1) is 16.5. The van der Waals surface area contributed by atoms with Gasteiger partial charge in [-0.3, -0.25) is 10.1 Å². The molecule has 0 spiro atoms. The topological polar surface area (TPSA) is 109 Å². The molecule has 0 amide bonds. The maximum Gasteiger partial charge on any atom is 0.159 e. The van der Waals surface area contributed by atoms with Gasteiger partial charge < -0.3 is 4.98 Å². The Kier molecular flexibility index (Phi) is 3.60. The summed E-state index contributed by atoms with van der Waals surface area (Å²) in [6.07, 6.45) is 10.4. The maximum atomic E-state index is 4.87. The molecule has 0 unspecified atom stereocenters. The average molecular weight is 390 g/mol. The molecule has 0 saturated heterocycles. The molecule has 6 aromatic rings. The van der Waals surface area contributed by atoms with Crippen molar-refractivity contribution in [2.75, 3.05) is 0 Å². The van der Waals surface area contributed by atoms with Crippen molar-refractivity contribution in [3.8, 4) is 33.8 Å². The minimum atomic E-state index is 0.681. The van der Waals surface area contributed by atoms with E-state index >= 15 is 0 Å². The smallest absolute Gasteiger partial charge is 0.159 e. The summed E-state index contributed by atoms with van der Waals surface area (Å²) < 4.78 is 0. The molecule has 0 radical (unpaired) electrons. The minimum absolute atomic E-state index is 0.681. The second-order valence-corrected chi connectivity index (χ2v) is 6.84. The first-order chi connectivity index (χ1) is 14.9. The van der Waals surface area contributed by atoms with E-state index in [0.717, 1.165) is 38.7 Å². The Balaban J connectivity index is 1.52. The molecule has 8 heteroatoms. The van der Waals surface area contributed by atoms with Crippen LogP contribution in [-0.4, -0.2) is 40.1 Å². The normalized spacial score (nSPS) is 11.3. The quantitative estimate of drug-likeness (QED) is 0.472. The van der Waals surface area contributed by atoms with Crippen molar-refractivity contribution in [1.82, 2.24) is 40.1 Å². The fourth-order valence-electron chi connectivity index (χ4n) is 3.60. The maximum absolute atomic E-state index is 4.87. The van der Waals surface area contributed by atoms with Gasteiger partial charge in [0.15, 0.2) is 11.5 Å². The van der Waals surface area contributed by atoms with E-state index in [2.05, 4.69) is 41.2 Å². The zero-order valence-corrected chi connectivity index (χ0v) is 15.6. The average Bonchev–Trinajstić information content (AvgIpc) is 3.43. The van der Waals surface area contributed by atoms with Crippen molar-refractivity contribution in [2.24, 2.45) is 0 Å². The lowest BCUT2D eigenvalue weighted by Crippen LogP contribution is -1.85. The van der Waals surface area contributed by atoms with Gasteiger partial charge in [-0.2, -0.15) is 5.10 Å². The molecular weight excluding hydrogens is 376 g/mol. The standard InChI is InChI=1S/C22H14N8/c1-2-16(13-4-6-23-7-5-13)19-18(3-1)27-22(28-19)20-17-8-14(11-26-21(17)30-29-20)15-9-24-12-25-10-15/h1-12H,(H,27,28)(H,26,29,30). The van der Waals surface area contributed by atoms with Crippen LogP contribution in [0.1, 0.15) is 0 Å². The van der Waals surface area contributed by atoms with Crippen LogP contribution in [0.3, 0.4) is 0 Å². The molecule has 8 nitrogen and oxygen atoms in total. The minimum Gasteiger partial charge on any atom is -0.337 e. The number of H-pyrrole nitrogens is 2. The third kappa shape index (κ3) is 2.62. The SMILES string of the molecule is c1cc(-c2ccncc2)c2nc(-c3n[nH]c4ncc(-c5cncnc5)cc34)[nH]c2c1. The van der Waals surface area contributed by atoms with Crippen LogP contribution in [-0.2, 0) is 0 Å². The molecule has 0 aliphatic carbocycles. The molecule has 5 heterocycles. The highest BCUT2D eigenvalue weighted by Crippen LogP contribution is 2.32. The predicted molar refractivity (Wildman–Crippen MR) is 113 cm³/mol. The van der Waals surface area contributed by atoms with Crippen molar-refractivity contribution in [3.05, 3.63) is 73.7 Å². The summed E-state index contributed by atoms with van der Waals surface area (Å²) in [5.74, 6) is 0.681. The van der Waals surface area contributed by atoms with Crippen molar-refractivity contribution >= 4 is 22.1 Å². The molecule has 0 fully saturated rings. The number of pyridine rings is 2. The van der Waals surface area contributed by atoms with Gasteiger partial charge in [0, 0.05) is 47.7 Å². The van der Waals surface area contributed by atoms with Gasteiger partial charge in [0.2, 0.25) is 0 Å². The second-order valence-electron chi connectivity index (χ2n) is 6.84. The first-order valence-electron chi connectivity index (χ1n) is 9.36. The molecule has 0 saturated carbocycles. The van der Waals surface area contributed by atoms with Crippen LogP contribution in [0.25, 0.3) is 55.8 Å². The van der Waals surface area contributed by atoms with Gasteiger partial charge in [0.1, 0.15) is 12.0 Å². The van der Waals surface area contributed by atoms with Crippen LogP contribution < -0.4 is 0 Å². The Morgan fingerprint density at radius 3 is 2.53 bits per heavy atom. The number of aromatic nitrogens is 8. The molecule has 0 aliphatic rings. The second kappa shape index (κ2) is 6.56. The molecule has 1 aromatic carbocycles. The highest BCUT2D eigenvalue weighted by atomic mass is 15.2. The highest BCUT2D eigenvalue weighted by molar-refractivity contribution is 5.97. The lowest BCUT2D eigenvalue weighted by atomic mass is 10.1. The van der Waals surface area contributed by atoms with Crippen LogP contribution in [0.4, 0.5) is 0 Å². The van der Waals surface area contributed by atoms with Crippen molar-refractivity contribution in [1.29, 1.82) is 0 Å². The zero-order valence-electron chi connectivity index (χ0n) is 15.6. The third-order valence-electron chi connectivity index (χ3n) is 5.04. The van der Waals surface area contributed by atoms with E-state index in [0.29, 0.717) is 17.2 Å². The van der Waals surface area contributed by atoms with Crippen LogP contribution in [0.5, 0.6) is 0 Å². The Morgan fingerprint density at radius 1 is 0.800 bits per heavy atom. The molecule has 0 atom stereocenters. The van der Waals surface area contributed by atoms with E-state index in [-0.39, 0.29) is 0 Å². The number of nitrogens with one attached hydrogen (secondary N) is 2. The number of hydrogen-bond acceptors (Lipinski definition) is 6. The molecular formula is C22H14N8. The lowest BCUT2D eigenvalue weighted by Gasteiger charge is -2.01. The largest absolute Gasteiger partial charge is 0.337 e. The third-order valence-corrected chi connectivity index (χ3v) is 5.04. The molecule has 6 rings (SSSR count). The number of aromatic amines is 2. The van der Waals surface area contributed by atoms with Gasteiger partial charge in [0.05, 0.1) is 16.4 Å². The fraction of sp³-hybridized carbons (Fsp3) is 0. The summed E-state index contributed by atoms with van der Waals surface area (Å²) in [5, 5.41) is 8.35. The Morgan fingerprint density at radius 2 is 1.67 bits per heavy atom. The number of para-hydroxylation sites is 1.